The summed E-state index contributed by atoms with van der Waals surface area (Å²) in [5.74, 6) is 0.360. The van der Waals surface area contributed by atoms with E-state index in [1.54, 1.807) is 12.1 Å². The van der Waals surface area contributed by atoms with Gasteiger partial charge in [0.1, 0.15) is 17.3 Å². The van der Waals surface area contributed by atoms with Gasteiger partial charge >= 0.3 is 0 Å². The molecular weight excluding hydrogens is 590 g/mol. The SMILES string of the molecule is Cl.Nc1ccc(N=Nc2ccccc2)c(N)n1.O=C(CCCN1CCC(O)(c2ccc(Cl)cc2)CC1)c1ccc(F)cc1. The molecule has 0 unspecified atom stereocenters. The molecule has 0 saturated carbocycles. The van der Waals surface area contributed by atoms with Crippen molar-refractivity contribution in [1.82, 2.24) is 9.88 Å². The van der Waals surface area contributed by atoms with Crippen LogP contribution in [0, 0.1) is 5.82 Å². The zero-order valence-electron chi connectivity index (χ0n) is 23.6. The monoisotopic (exact) mass is 624 g/mol. The number of Topliss-reactive ketones (excluding diaryl/α,β-unsaturated/α-hetero) is 1. The number of nitrogen functional groups attached to an aromatic ring is 2. The lowest BCUT2D eigenvalue weighted by Crippen LogP contribution is -2.42. The Labute approximate surface area is 262 Å². The normalized spacial score (nSPS) is 14.4. The predicted molar refractivity (Wildman–Crippen MR) is 172 cm³/mol. The minimum Gasteiger partial charge on any atom is -0.385 e. The highest BCUT2D eigenvalue weighted by Gasteiger charge is 2.33. The highest BCUT2D eigenvalue weighted by molar-refractivity contribution is 6.30. The first-order valence-corrected chi connectivity index (χ1v) is 14.1. The number of piperidine rings is 1. The summed E-state index contributed by atoms with van der Waals surface area (Å²) in [4.78, 5) is 18.3. The van der Waals surface area contributed by atoms with Gasteiger partial charge in [0.15, 0.2) is 11.6 Å². The molecular formula is C32H35Cl2FN6O2. The van der Waals surface area contributed by atoms with Gasteiger partial charge in [0.25, 0.3) is 0 Å². The number of ketones is 1. The van der Waals surface area contributed by atoms with Crippen LogP contribution < -0.4 is 11.5 Å². The van der Waals surface area contributed by atoms with Crippen LogP contribution in [0.2, 0.25) is 5.02 Å². The van der Waals surface area contributed by atoms with Gasteiger partial charge in [0, 0.05) is 30.1 Å². The van der Waals surface area contributed by atoms with Crippen LogP contribution in [-0.2, 0) is 5.60 Å². The largest absolute Gasteiger partial charge is 0.385 e. The Morgan fingerprint density at radius 2 is 1.58 bits per heavy atom. The molecule has 1 aliphatic heterocycles. The van der Waals surface area contributed by atoms with Gasteiger partial charge < -0.3 is 21.5 Å². The lowest BCUT2D eigenvalue weighted by molar-refractivity contribution is -0.0260. The van der Waals surface area contributed by atoms with Gasteiger partial charge in [-0.05, 0) is 92.0 Å². The number of carbonyl (C=O) groups is 1. The number of anilines is 2. The summed E-state index contributed by atoms with van der Waals surface area (Å²) >= 11 is 5.92. The first-order valence-electron chi connectivity index (χ1n) is 13.7. The molecule has 11 heteroatoms. The second-order valence-electron chi connectivity index (χ2n) is 10.1. The number of halogens is 3. The minimum atomic E-state index is -0.801. The Morgan fingerprint density at radius 1 is 0.930 bits per heavy atom. The van der Waals surface area contributed by atoms with Gasteiger partial charge in [-0.25, -0.2) is 9.37 Å². The Hall–Kier alpha value is -3.89. The van der Waals surface area contributed by atoms with Gasteiger partial charge in [-0.1, -0.05) is 41.9 Å². The molecule has 1 aliphatic rings. The van der Waals surface area contributed by atoms with Crippen molar-refractivity contribution in [2.45, 2.75) is 31.3 Å². The third-order valence-electron chi connectivity index (χ3n) is 7.06. The minimum absolute atomic E-state index is 0. The number of aliphatic hydroxyl groups is 1. The van der Waals surface area contributed by atoms with Crippen molar-refractivity contribution in [1.29, 1.82) is 0 Å². The van der Waals surface area contributed by atoms with Crippen LogP contribution in [-0.4, -0.2) is 40.4 Å². The molecule has 226 valence electrons. The Morgan fingerprint density at radius 3 is 2.21 bits per heavy atom. The molecule has 3 aromatic carbocycles. The summed E-state index contributed by atoms with van der Waals surface area (Å²) in [6, 6.07) is 25.8. The van der Waals surface area contributed by atoms with Crippen LogP contribution >= 0.6 is 24.0 Å². The summed E-state index contributed by atoms with van der Waals surface area (Å²) < 4.78 is 12.9. The third-order valence-corrected chi connectivity index (χ3v) is 7.31. The van der Waals surface area contributed by atoms with Crippen LogP contribution in [0.25, 0.3) is 0 Å². The molecule has 0 bridgehead atoms. The van der Waals surface area contributed by atoms with E-state index in [4.69, 9.17) is 23.1 Å². The van der Waals surface area contributed by atoms with Crippen LogP contribution in [0.15, 0.2) is 101 Å². The Balaban J connectivity index is 0.000000256. The Bertz CT molecular complexity index is 1480. The second-order valence-corrected chi connectivity index (χ2v) is 10.5. The molecule has 0 aliphatic carbocycles. The zero-order valence-corrected chi connectivity index (χ0v) is 25.1. The summed E-state index contributed by atoms with van der Waals surface area (Å²) in [7, 11) is 0. The van der Waals surface area contributed by atoms with Crippen molar-refractivity contribution < 1.29 is 14.3 Å². The lowest BCUT2D eigenvalue weighted by Gasteiger charge is -2.38. The van der Waals surface area contributed by atoms with E-state index in [1.165, 1.54) is 24.3 Å². The maximum Gasteiger partial charge on any atom is 0.162 e. The highest BCUT2D eigenvalue weighted by Crippen LogP contribution is 2.33. The molecule has 5 rings (SSSR count). The van der Waals surface area contributed by atoms with Crippen LogP contribution in [0.5, 0.6) is 0 Å². The molecule has 1 saturated heterocycles. The van der Waals surface area contributed by atoms with E-state index in [2.05, 4.69) is 20.1 Å². The molecule has 0 atom stereocenters. The summed E-state index contributed by atoms with van der Waals surface area (Å²) in [5, 5.41) is 19.6. The van der Waals surface area contributed by atoms with E-state index >= 15 is 0 Å². The fourth-order valence-corrected chi connectivity index (χ4v) is 4.74. The number of pyridine rings is 1. The van der Waals surface area contributed by atoms with E-state index in [-0.39, 0.29) is 29.8 Å². The topological polar surface area (TPSA) is 130 Å². The smallest absolute Gasteiger partial charge is 0.162 e. The fraction of sp³-hybridized carbons (Fsp3) is 0.250. The van der Waals surface area contributed by atoms with Crippen LogP contribution in [0.1, 0.15) is 41.6 Å². The number of aromatic nitrogens is 1. The van der Waals surface area contributed by atoms with Crippen molar-refractivity contribution in [2.75, 3.05) is 31.1 Å². The molecule has 4 aromatic rings. The van der Waals surface area contributed by atoms with E-state index in [1.807, 2.05) is 54.6 Å². The summed E-state index contributed by atoms with van der Waals surface area (Å²) in [6.07, 6.45) is 2.54. The highest BCUT2D eigenvalue weighted by atomic mass is 35.5. The quantitative estimate of drug-likeness (QED) is 0.137. The lowest BCUT2D eigenvalue weighted by atomic mass is 9.84. The number of likely N-dealkylation sites (tertiary alicyclic amines) is 1. The average Bonchev–Trinajstić information content (AvgIpc) is 2.99. The summed E-state index contributed by atoms with van der Waals surface area (Å²) in [6.45, 7) is 2.41. The van der Waals surface area contributed by atoms with Crippen molar-refractivity contribution in [3.05, 3.63) is 113 Å². The predicted octanol–water partition coefficient (Wildman–Crippen LogP) is 7.51. The average molecular weight is 626 g/mol. The van der Waals surface area contributed by atoms with E-state index < -0.39 is 5.60 Å². The molecule has 2 heterocycles. The van der Waals surface area contributed by atoms with Crippen LogP contribution in [0.4, 0.5) is 27.4 Å². The number of hydrogen-bond donors (Lipinski definition) is 3. The maximum atomic E-state index is 12.9. The number of hydrogen-bond acceptors (Lipinski definition) is 8. The molecule has 5 N–H and O–H groups in total. The fourth-order valence-electron chi connectivity index (χ4n) is 4.61. The molecule has 8 nitrogen and oxygen atoms in total. The van der Waals surface area contributed by atoms with Crippen LogP contribution in [0.3, 0.4) is 0 Å². The van der Waals surface area contributed by atoms with E-state index in [0.717, 1.165) is 37.3 Å². The molecule has 0 radical (unpaired) electrons. The number of nitrogens with two attached hydrogens (primary N) is 2. The van der Waals surface area contributed by atoms with Gasteiger partial charge in [0.2, 0.25) is 0 Å². The van der Waals surface area contributed by atoms with Crippen molar-refractivity contribution in [2.24, 2.45) is 10.2 Å². The van der Waals surface area contributed by atoms with E-state index in [9.17, 15) is 14.3 Å². The van der Waals surface area contributed by atoms with Gasteiger partial charge in [-0.3, -0.25) is 4.79 Å². The maximum absolute atomic E-state index is 12.9. The zero-order chi connectivity index (χ0) is 30.0. The molecule has 43 heavy (non-hydrogen) atoms. The van der Waals surface area contributed by atoms with Crippen molar-refractivity contribution in [3.63, 3.8) is 0 Å². The number of benzene rings is 3. The first-order chi connectivity index (χ1) is 20.2. The number of azo groups is 1. The second kappa shape index (κ2) is 16.1. The van der Waals surface area contributed by atoms with Crippen molar-refractivity contribution in [3.8, 4) is 0 Å². The Kier molecular flexibility index (Phi) is 12.6. The van der Waals surface area contributed by atoms with E-state index in [0.29, 0.717) is 41.4 Å². The van der Waals surface area contributed by atoms with Gasteiger partial charge in [-0.15, -0.1) is 17.5 Å². The molecule has 0 spiro atoms. The molecule has 1 fully saturated rings. The third kappa shape index (κ3) is 10.1. The number of nitrogens with zero attached hydrogens (tertiary/aromatic N) is 4. The van der Waals surface area contributed by atoms with Gasteiger partial charge in [0.05, 0.1) is 11.3 Å². The first kappa shape index (κ1) is 33.6. The standard InChI is InChI=1S/C21H23ClFNO2.C11H11N5.ClH/c22-18-7-5-17(6-8-18)21(26)11-14-24(15-12-21)13-1-2-20(25)16-3-9-19(23)10-4-16;12-10-7-6-9(11(13)14-10)16-15-8-4-2-1-3-5-8;/h3-10,26H,1-2,11-15H2;1-7H,(H4,12,13,14);1H. The molecule has 1 aromatic heterocycles. The molecule has 0 amide bonds. The van der Waals surface area contributed by atoms with Crippen molar-refractivity contribution >= 4 is 52.8 Å². The van der Waals surface area contributed by atoms with Gasteiger partial charge in [-0.2, -0.15) is 5.11 Å². The number of rotatable bonds is 8. The number of carbonyl (C=O) groups excluding carboxylic acids is 1. The summed E-state index contributed by atoms with van der Waals surface area (Å²) in [5.41, 5.74) is 13.1.